The zero-order valence-corrected chi connectivity index (χ0v) is 33.7. The first kappa shape index (κ1) is 43.3. The summed E-state index contributed by atoms with van der Waals surface area (Å²) in [7, 11) is 0. The third kappa shape index (κ3) is 12.8. The Labute approximate surface area is 344 Å². The van der Waals surface area contributed by atoms with Crippen molar-refractivity contribution < 1.29 is 33.7 Å². The number of carbonyl (C=O) groups is 3. The van der Waals surface area contributed by atoms with Crippen molar-refractivity contribution in [3.63, 3.8) is 0 Å². The second kappa shape index (κ2) is 21.0. The molecular weight excluding hydrogens is 798 g/mol. The number of para-hydroxylation sites is 1. The van der Waals surface area contributed by atoms with Crippen molar-refractivity contribution in [3.8, 4) is 17.5 Å². The van der Waals surface area contributed by atoms with Crippen LogP contribution in [0.3, 0.4) is 0 Å². The molecule has 0 aliphatic carbocycles. The molecule has 2 heterocycles. The fraction of sp³-hybridized carbons (Fsp3) is 0.140. The quantitative estimate of drug-likeness (QED) is 0.0815. The van der Waals surface area contributed by atoms with Gasteiger partial charge in [-0.2, -0.15) is 0 Å². The molecule has 0 saturated heterocycles. The number of nitrogens with zero attached hydrogens (tertiary/aromatic N) is 2. The normalized spacial score (nSPS) is 10.2. The number of benzene rings is 4. The number of rotatable bonds is 10. The summed E-state index contributed by atoms with van der Waals surface area (Å²) in [6.07, 6.45) is 0. The van der Waals surface area contributed by atoms with Crippen molar-refractivity contribution in [1.82, 2.24) is 9.97 Å². The molecule has 13 heteroatoms. The maximum absolute atomic E-state index is 12.6. The van der Waals surface area contributed by atoms with Crippen molar-refractivity contribution in [2.75, 3.05) is 0 Å². The lowest BCUT2D eigenvalue weighted by Crippen LogP contribution is -2.14. The van der Waals surface area contributed by atoms with E-state index in [1.807, 2.05) is 106 Å². The van der Waals surface area contributed by atoms with E-state index in [1.165, 1.54) is 12.1 Å². The van der Waals surface area contributed by atoms with E-state index in [9.17, 15) is 19.5 Å². The van der Waals surface area contributed by atoms with Gasteiger partial charge in [0.15, 0.2) is 0 Å². The maximum Gasteiger partial charge on any atom is 0.349 e. The van der Waals surface area contributed by atoms with E-state index >= 15 is 0 Å². The number of carboxylic acids is 1. The van der Waals surface area contributed by atoms with Gasteiger partial charge in [-0.1, -0.05) is 114 Å². The first-order valence-electron chi connectivity index (χ1n) is 16.9. The topological polar surface area (TPSA) is 125 Å². The Bertz CT molecular complexity index is 2270. The van der Waals surface area contributed by atoms with Crippen molar-refractivity contribution in [2.24, 2.45) is 0 Å². The lowest BCUT2D eigenvalue weighted by Gasteiger charge is -2.13. The van der Waals surface area contributed by atoms with E-state index in [1.54, 1.807) is 25.1 Å². The van der Waals surface area contributed by atoms with Gasteiger partial charge < -0.3 is 19.3 Å². The van der Waals surface area contributed by atoms with E-state index in [0.29, 0.717) is 41.0 Å². The predicted octanol–water partition coefficient (Wildman–Crippen LogP) is 11.5. The molecule has 4 aromatic carbocycles. The van der Waals surface area contributed by atoms with Gasteiger partial charge in [0, 0.05) is 16.4 Å². The van der Waals surface area contributed by atoms with Crippen LogP contribution < -0.4 is 14.2 Å². The van der Waals surface area contributed by atoms with Crippen LogP contribution in [0.25, 0.3) is 0 Å². The van der Waals surface area contributed by atoms with Crippen LogP contribution >= 0.6 is 46.4 Å². The number of aromatic carboxylic acids is 1. The summed E-state index contributed by atoms with van der Waals surface area (Å²) in [5.41, 5.74) is 5.50. The van der Waals surface area contributed by atoms with Crippen LogP contribution in [0.15, 0.2) is 115 Å². The van der Waals surface area contributed by atoms with Gasteiger partial charge in [-0.3, -0.25) is 4.79 Å². The third-order valence-corrected chi connectivity index (χ3v) is 8.64. The smallest absolute Gasteiger partial charge is 0.349 e. The highest BCUT2D eigenvalue weighted by Gasteiger charge is 2.21. The molecule has 0 unspecified atom stereocenters. The molecule has 0 bridgehead atoms. The molecule has 0 amide bonds. The summed E-state index contributed by atoms with van der Waals surface area (Å²) in [6.45, 7) is 7.92. The zero-order valence-electron chi connectivity index (χ0n) is 30.7. The van der Waals surface area contributed by atoms with E-state index in [2.05, 4.69) is 9.97 Å². The van der Waals surface area contributed by atoms with Crippen LogP contribution in [0.2, 0.25) is 15.1 Å². The molecule has 6 rings (SSSR count). The van der Waals surface area contributed by atoms with E-state index in [0.717, 1.165) is 28.1 Å². The third-order valence-electron chi connectivity index (χ3n) is 7.63. The summed E-state index contributed by atoms with van der Waals surface area (Å²) in [5, 5.41) is 9.21. The van der Waals surface area contributed by atoms with E-state index in [4.69, 9.17) is 60.6 Å². The maximum atomic E-state index is 12.6. The zero-order chi connectivity index (χ0) is 40.8. The minimum atomic E-state index is -1.02. The summed E-state index contributed by atoms with van der Waals surface area (Å²) >= 11 is 22.1. The lowest BCUT2D eigenvalue weighted by molar-refractivity contribution is 0.0686. The monoisotopic (exact) mass is 832 g/mol. The number of carboxylic acid groups (broad SMARTS) is 1. The van der Waals surface area contributed by atoms with Gasteiger partial charge in [-0.05, 0) is 97.9 Å². The number of halogens is 4. The van der Waals surface area contributed by atoms with Crippen LogP contribution in [0.1, 0.15) is 64.7 Å². The molecular formula is C43H36Cl4N2O7. The molecule has 6 aromatic rings. The minimum absolute atomic E-state index is 0.0874. The van der Waals surface area contributed by atoms with Crippen molar-refractivity contribution >= 4 is 63.6 Å². The second-order valence-electron chi connectivity index (χ2n) is 12.1. The predicted molar refractivity (Wildman–Crippen MR) is 219 cm³/mol. The second-order valence-corrected chi connectivity index (χ2v) is 13.7. The molecule has 1 N–H and O–H groups in total. The van der Waals surface area contributed by atoms with Crippen LogP contribution in [-0.2, 0) is 13.2 Å². The fourth-order valence-corrected chi connectivity index (χ4v) is 6.44. The number of esters is 1. The van der Waals surface area contributed by atoms with Gasteiger partial charge in [0.2, 0.25) is 11.8 Å². The Balaban J connectivity index is 0.000000199. The first-order chi connectivity index (χ1) is 26.7. The van der Waals surface area contributed by atoms with Gasteiger partial charge in [-0.25, -0.2) is 19.6 Å². The molecule has 288 valence electrons. The highest BCUT2D eigenvalue weighted by molar-refractivity contribution is 6.70. The number of aromatic nitrogens is 2. The Kier molecular flexibility index (Phi) is 16.2. The number of pyridine rings is 2. The van der Waals surface area contributed by atoms with Crippen LogP contribution in [0.5, 0.6) is 17.5 Å². The molecule has 0 saturated carbocycles. The van der Waals surface area contributed by atoms with Gasteiger partial charge in [0.05, 0.1) is 15.6 Å². The molecule has 0 aliphatic rings. The largest absolute Gasteiger partial charge is 0.477 e. The molecule has 0 spiro atoms. The minimum Gasteiger partial charge on any atom is -0.477 e. The summed E-state index contributed by atoms with van der Waals surface area (Å²) in [4.78, 5) is 43.2. The average molecular weight is 835 g/mol. The number of carbonyl (C=O) groups excluding carboxylic acids is 2. The number of ether oxygens (including phenoxy) is 3. The van der Waals surface area contributed by atoms with E-state index in [-0.39, 0.29) is 27.1 Å². The summed E-state index contributed by atoms with van der Waals surface area (Å²) < 4.78 is 16.8. The highest BCUT2D eigenvalue weighted by Crippen LogP contribution is 2.30. The lowest BCUT2D eigenvalue weighted by atomic mass is 10.1. The molecule has 2 aromatic heterocycles. The molecule has 0 radical (unpaired) electrons. The Morgan fingerprint density at radius 2 is 1.00 bits per heavy atom. The Morgan fingerprint density at radius 1 is 0.589 bits per heavy atom. The molecule has 0 atom stereocenters. The SMILES string of the molecule is Cc1cc(C)c(C(=O)O)c(OCc2ccccc2)n1.Cc1cc(C)c(C(=O)Oc2ccccc2)c(OCc2ccccc2)n1.O=C(Cl)c1c(Cl)cc(Cl)cc1Cl. The fourth-order valence-electron chi connectivity index (χ4n) is 5.15. The first-order valence-corrected chi connectivity index (χ1v) is 18.4. The van der Waals surface area contributed by atoms with Crippen LogP contribution in [0, 0.1) is 27.7 Å². The summed E-state index contributed by atoms with van der Waals surface area (Å²) in [5.74, 6) is -0.537. The number of aryl methyl sites for hydroxylation is 4. The van der Waals surface area contributed by atoms with Gasteiger partial charge in [-0.15, -0.1) is 0 Å². The molecule has 56 heavy (non-hydrogen) atoms. The standard InChI is InChI=1S/C21H19NO3.C15H15NO3.C7H2Cl4O/c1-15-13-16(2)22-20(24-14-17-9-5-3-6-10-17)19(15)21(23)25-18-11-7-4-8-12-18;1-10-8-11(2)16-14(13(10)15(17)18)19-9-12-6-4-3-5-7-12;8-3-1-4(9)6(7(11)12)5(10)2-3/h3-13H,14H2,1-2H3;3-8H,9H2,1-2H3,(H,17,18);1-2H. The highest BCUT2D eigenvalue weighted by atomic mass is 35.5. The number of hydrogen-bond donors (Lipinski definition) is 1. The van der Waals surface area contributed by atoms with Crippen molar-refractivity contribution in [1.29, 1.82) is 0 Å². The molecule has 0 aliphatic heterocycles. The molecule has 9 nitrogen and oxygen atoms in total. The van der Waals surface area contributed by atoms with Gasteiger partial charge >= 0.3 is 11.9 Å². The van der Waals surface area contributed by atoms with Crippen LogP contribution in [-0.4, -0.2) is 32.3 Å². The van der Waals surface area contributed by atoms with Crippen LogP contribution in [0.4, 0.5) is 0 Å². The van der Waals surface area contributed by atoms with Gasteiger partial charge in [0.25, 0.3) is 5.24 Å². The summed E-state index contributed by atoms with van der Waals surface area (Å²) in [6, 6.07) is 34.7. The van der Waals surface area contributed by atoms with Crippen molar-refractivity contribution in [3.05, 3.63) is 181 Å². The van der Waals surface area contributed by atoms with E-state index < -0.39 is 17.2 Å². The Hall–Kier alpha value is -5.45. The van der Waals surface area contributed by atoms with Crippen molar-refractivity contribution in [2.45, 2.75) is 40.9 Å². The Morgan fingerprint density at radius 3 is 1.43 bits per heavy atom. The average Bonchev–Trinajstić information content (AvgIpc) is 3.13. The van der Waals surface area contributed by atoms with Gasteiger partial charge in [0.1, 0.15) is 30.1 Å². The molecule has 0 fully saturated rings. The number of hydrogen-bond acceptors (Lipinski definition) is 8.